The number of nitrogens with one attached hydrogen (secondary N) is 2. The van der Waals surface area contributed by atoms with E-state index in [4.69, 9.17) is 5.73 Å². The van der Waals surface area contributed by atoms with Crippen molar-refractivity contribution in [3.63, 3.8) is 0 Å². The molecule has 3 aromatic rings. The van der Waals surface area contributed by atoms with Crippen LogP contribution in [0.5, 0.6) is 0 Å². The zero-order valence-corrected chi connectivity index (χ0v) is 16.1. The monoisotopic (exact) mass is 378 g/mol. The van der Waals surface area contributed by atoms with Crippen molar-refractivity contribution in [1.82, 2.24) is 19.4 Å². The third-order valence-electron chi connectivity index (χ3n) is 6.48. The molecule has 1 amide bonds. The smallest absolute Gasteiger partial charge is 0.252 e. The van der Waals surface area contributed by atoms with Crippen LogP contribution in [0.2, 0.25) is 0 Å². The van der Waals surface area contributed by atoms with Gasteiger partial charge in [-0.1, -0.05) is 0 Å². The van der Waals surface area contributed by atoms with Gasteiger partial charge in [0, 0.05) is 61.4 Å². The van der Waals surface area contributed by atoms with E-state index < -0.39 is 5.91 Å². The number of aromatic nitrogens is 3. The van der Waals surface area contributed by atoms with Gasteiger partial charge in [-0.2, -0.15) is 0 Å². The van der Waals surface area contributed by atoms with E-state index in [9.17, 15) is 4.79 Å². The molecule has 4 N–H and O–H groups in total. The van der Waals surface area contributed by atoms with E-state index in [0.29, 0.717) is 23.7 Å². The van der Waals surface area contributed by atoms with Gasteiger partial charge in [0.2, 0.25) is 0 Å². The second kappa shape index (κ2) is 6.67. The Morgan fingerprint density at radius 2 is 2.11 bits per heavy atom. The summed E-state index contributed by atoms with van der Waals surface area (Å²) in [4.78, 5) is 22.1. The van der Waals surface area contributed by atoms with Crippen molar-refractivity contribution in [2.75, 3.05) is 5.32 Å². The van der Waals surface area contributed by atoms with Crippen molar-refractivity contribution in [3.05, 3.63) is 48.0 Å². The van der Waals surface area contributed by atoms with Gasteiger partial charge in [-0.15, -0.1) is 0 Å². The highest BCUT2D eigenvalue weighted by atomic mass is 16.1. The number of hydrogen-bond donors (Lipinski definition) is 3. The van der Waals surface area contributed by atoms with Crippen molar-refractivity contribution >= 4 is 22.6 Å². The van der Waals surface area contributed by atoms with Crippen LogP contribution in [0.3, 0.4) is 0 Å². The first-order valence-corrected chi connectivity index (χ1v) is 9.98. The Morgan fingerprint density at radius 1 is 1.32 bits per heavy atom. The average molecular weight is 378 g/mol. The zero-order valence-electron chi connectivity index (χ0n) is 16.1. The lowest BCUT2D eigenvalue weighted by Gasteiger charge is -2.39. The minimum atomic E-state index is -0.442. The maximum absolute atomic E-state index is 12.0. The highest BCUT2D eigenvalue weighted by Crippen LogP contribution is 2.39. The van der Waals surface area contributed by atoms with Gasteiger partial charge in [0.15, 0.2) is 0 Å². The summed E-state index contributed by atoms with van der Waals surface area (Å²) < 4.78 is 2.21. The van der Waals surface area contributed by atoms with Crippen LogP contribution < -0.4 is 11.1 Å². The quantitative estimate of drug-likeness (QED) is 0.636. The number of rotatable bonds is 5. The van der Waals surface area contributed by atoms with Crippen LogP contribution in [-0.4, -0.2) is 43.5 Å². The fourth-order valence-electron chi connectivity index (χ4n) is 5.05. The molecule has 0 radical (unpaired) electrons. The Morgan fingerprint density at radius 3 is 2.79 bits per heavy atom. The van der Waals surface area contributed by atoms with Crippen LogP contribution in [0.4, 0.5) is 5.69 Å². The number of amides is 1. The predicted octanol–water partition coefficient (Wildman–Crippen LogP) is 2.61. The van der Waals surface area contributed by atoms with Gasteiger partial charge in [-0.3, -0.25) is 9.69 Å². The lowest BCUT2D eigenvalue weighted by Crippen LogP contribution is -2.46. The van der Waals surface area contributed by atoms with E-state index in [2.05, 4.69) is 50.1 Å². The average Bonchev–Trinajstić information content (AvgIpc) is 3.35. The second-order valence-electron chi connectivity index (χ2n) is 8.13. The fraction of sp³-hybridized carbons (Fsp3) is 0.429. The minimum Gasteiger partial charge on any atom is -0.381 e. The number of carbonyl (C=O) groups is 1. The second-order valence-corrected chi connectivity index (χ2v) is 8.13. The van der Waals surface area contributed by atoms with E-state index >= 15 is 0 Å². The summed E-state index contributed by atoms with van der Waals surface area (Å²) in [5.74, 6) is -0.442. The first-order valence-electron chi connectivity index (χ1n) is 9.98. The number of hydrogen-bond acceptors (Lipinski definition) is 4. The molecule has 7 heteroatoms. The Labute approximate surface area is 163 Å². The minimum absolute atomic E-state index is 0.334. The first-order chi connectivity index (χ1) is 13.6. The van der Waals surface area contributed by atoms with Crippen molar-refractivity contribution in [2.24, 2.45) is 12.8 Å². The van der Waals surface area contributed by atoms with Gasteiger partial charge in [0.1, 0.15) is 5.65 Å². The molecule has 0 spiro atoms. The lowest BCUT2D eigenvalue weighted by atomic mass is 9.96. The summed E-state index contributed by atoms with van der Waals surface area (Å²) in [6, 6.07) is 7.76. The number of pyridine rings is 1. The molecule has 2 bridgehead atoms. The van der Waals surface area contributed by atoms with Gasteiger partial charge < -0.3 is 20.6 Å². The van der Waals surface area contributed by atoms with Gasteiger partial charge >= 0.3 is 0 Å². The lowest BCUT2D eigenvalue weighted by molar-refractivity contribution is 0.100. The molecule has 146 valence electrons. The molecular weight excluding hydrogens is 352 g/mol. The molecule has 28 heavy (non-hydrogen) atoms. The number of fused-ring (bicyclic) bond motifs is 3. The number of piperidine rings is 1. The summed E-state index contributed by atoms with van der Waals surface area (Å²) in [6.45, 7) is 1.01. The van der Waals surface area contributed by atoms with E-state index in [1.165, 1.54) is 18.5 Å². The zero-order chi connectivity index (χ0) is 19.3. The molecule has 0 aliphatic carbocycles. The Balaban J connectivity index is 1.37. The van der Waals surface area contributed by atoms with Crippen LogP contribution in [0.1, 0.15) is 41.7 Å². The van der Waals surface area contributed by atoms with Crippen LogP contribution in [0, 0.1) is 0 Å². The van der Waals surface area contributed by atoms with E-state index in [-0.39, 0.29) is 0 Å². The van der Waals surface area contributed by atoms with Crippen LogP contribution in [0.25, 0.3) is 11.0 Å². The topological polar surface area (TPSA) is 92.0 Å². The number of H-pyrrole nitrogens is 1. The number of anilines is 1. The molecule has 0 aromatic carbocycles. The predicted molar refractivity (Wildman–Crippen MR) is 109 cm³/mol. The van der Waals surface area contributed by atoms with Gasteiger partial charge in [-0.25, -0.2) is 4.98 Å². The van der Waals surface area contributed by atoms with E-state index in [1.807, 2.05) is 12.3 Å². The normalized spacial score (nSPS) is 24.7. The molecule has 2 aliphatic heterocycles. The summed E-state index contributed by atoms with van der Waals surface area (Å²) in [5, 5.41) is 4.58. The van der Waals surface area contributed by atoms with E-state index in [1.54, 1.807) is 6.20 Å². The molecular formula is C21H26N6O. The van der Waals surface area contributed by atoms with Crippen LogP contribution in [-0.2, 0) is 13.6 Å². The number of primary amides is 1. The third-order valence-corrected chi connectivity index (χ3v) is 6.48. The number of carbonyl (C=O) groups excluding carboxylic acids is 1. The Hall–Kier alpha value is -2.80. The van der Waals surface area contributed by atoms with Crippen LogP contribution in [0.15, 0.2) is 36.8 Å². The van der Waals surface area contributed by atoms with Gasteiger partial charge in [0.05, 0.1) is 11.3 Å². The van der Waals surface area contributed by atoms with Crippen molar-refractivity contribution < 1.29 is 4.79 Å². The fourth-order valence-corrected chi connectivity index (χ4v) is 5.05. The standard InChI is InChI=1S/C21H26N6O/c1-26-8-2-3-16(26)12-27-14-4-5-15(27)10-13(9-14)25-19-17-6-7-23-21(17)24-11-18(19)20(22)28/h2-3,6-8,11,13-15H,4-5,9-10,12H2,1H3,(H2,22,28)(H2,23,24,25)/t13-,14-,15+. The van der Waals surface area contributed by atoms with Crippen molar-refractivity contribution in [3.8, 4) is 0 Å². The van der Waals surface area contributed by atoms with Crippen molar-refractivity contribution in [1.29, 1.82) is 0 Å². The Bertz CT molecular complexity index is 1010. The number of nitrogens with two attached hydrogens (primary N) is 1. The number of aryl methyl sites for hydroxylation is 1. The number of aromatic amines is 1. The number of nitrogens with zero attached hydrogens (tertiary/aromatic N) is 3. The molecule has 5 heterocycles. The molecule has 0 saturated carbocycles. The van der Waals surface area contributed by atoms with Gasteiger partial charge in [0.25, 0.3) is 5.91 Å². The van der Waals surface area contributed by atoms with Crippen molar-refractivity contribution in [2.45, 2.75) is 50.4 Å². The SMILES string of the molecule is Cn1cccc1CN1[C@@H]2CC[C@H]1C[C@H](Nc1c(C(N)=O)cnc3[nH]ccc13)C2. The highest BCUT2D eigenvalue weighted by molar-refractivity contribution is 6.05. The maximum Gasteiger partial charge on any atom is 0.252 e. The summed E-state index contributed by atoms with van der Waals surface area (Å²) in [7, 11) is 2.11. The molecule has 2 aliphatic rings. The van der Waals surface area contributed by atoms with Gasteiger partial charge in [-0.05, 0) is 43.9 Å². The summed E-state index contributed by atoms with van der Waals surface area (Å²) >= 11 is 0. The summed E-state index contributed by atoms with van der Waals surface area (Å²) in [6.07, 6.45) is 10.2. The molecule has 0 unspecified atom stereocenters. The molecule has 2 saturated heterocycles. The molecule has 3 atom stereocenters. The third kappa shape index (κ3) is 2.86. The molecule has 7 nitrogen and oxygen atoms in total. The molecule has 5 rings (SSSR count). The molecule has 3 aromatic heterocycles. The van der Waals surface area contributed by atoms with Crippen LogP contribution >= 0.6 is 0 Å². The maximum atomic E-state index is 12.0. The Kier molecular flexibility index (Phi) is 4.12. The molecule has 2 fully saturated rings. The largest absolute Gasteiger partial charge is 0.381 e. The van der Waals surface area contributed by atoms with E-state index in [0.717, 1.165) is 36.1 Å². The highest BCUT2D eigenvalue weighted by Gasteiger charge is 2.41. The first kappa shape index (κ1) is 17.3. The summed E-state index contributed by atoms with van der Waals surface area (Å²) in [5.41, 5.74) is 9.04.